The fourth-order valence-electron chi connectivity index (χ4n) is 4.71. The number of hydrogen-bond donors (Lipinski definition) is 0. The highest BCUT2D eigenvalue weighted by Crippen LogP contribution is 2.46. The Morgan fingerprint density at radius 3 is 1.15 bits per heavy atom. The van der Waals surface area contributed by atoms with E-state index in [9.17, 15) is 9.36 Å². The number of ether oxygens (including phenoxy) is 2. The summed E-state index contributed by atoms with van der Waals surface area (Å²) in [6.07, 6.45) is 0. The van der Waals surface area contributed by atoms with Crippen molar-refractivity contribution in [1.82, 2.24) is 0 Å². The van der Waals surface area contributed by atoms with Crippen molar-refractivity contribution in [2.24, 2.45) is 0 Å². The first-order valence-electron chi connectivity index (χ1n) is 13.4. The summed E-state index contributed by atoms with van der Waals surface area (Å²) in [4.78, 5) is 11.2. The SMILES string of the molecule is COc1ccc(C(C)(C)c2ccc(OP(C)(=O)Oc3ccc(C(C)(C)c4ccc(OC(C)=O)cc4)cc3)cc2)cc1. The first-order valence-corrected chi connectivity index (χ1v) is 15.4. The molecule has 4 rings (SSSR count). The molecule has 7 heteroatoms. The Kier molecular flexibility index (Phi) is 8.65. The minimum absolute atomic E-state index is 0.239. The van der Waals surface area contributed by atoms with Gasteiger partial charge in [-0.2, -0.15) is 0 Å². The van der Waals surface area contributed by atoms with Crippen LogP contribution in [0.3, 0.4) is 0 Å². The van der Waals surface area contributed by atoms with Crippen LogP contribution in [-0.2, 0) is 20.2 Å². The van der Waals surface area contributed by atoms with Crippen molar-refractivity contribution in [3.8, 4) is 23.0 Å². The van der Waals surface area contributed by atoms with Crippen molar-refractivity contribution >= 4 is 13.6 Å². The number of methoxy groups -OCH3 is 1. The molecule has 0 fully saturated rings. The lowest BCUT2D eigenvalue weighted by molar-refractivity contribution is -0.131. The maximum absolute atomic E-state index is 13.2. The summed E-state index contributed by atoms with van der Waals surface area (Å²) in [5, 5.41) is 0. The molecule has 0 saturated heterocycles. The van der Waals surface area contributed by atoms with E-state index >= 15 is 0 Å². The third kappa shape index (κ3) is 7.20. The number of benzene rings is 4. The molecule has 1 atom stereocenters. The molecule has 214 valence electrons. The molecule has 1 unspecified atom stereocenters. The molecule has 0 bridgehead atoms. The van der Waals surface area contributed by atoms with Crippen LogP contribution in [-0.4, -0.2) is 19.7 Å². The van der Waals surface area contributed by atoms with Crippen LogP contribution < -0.4 is 18.5 Å². The Bertz CT molecular complexity index is 1520. The van der Waals surface area contributed by atoms with E-state index in [2.05, 4.69) is 39.8 Å². The van der Waals surface area contributed by atoms with Gasteiger partial charge in [0.05, 0.1) is 13.8 Å². The lowest BCUT2D eigenvalue weighted by Crippen LogP contribution is -2.18. The van der Waals surface area contributed by atoms with Gasteiger partial charge < -0.3 is 18.5 Å². The van der Waals surface area contributed by atoms with Crippen molar-refractivity contribution in [2.75, 3.05) is 13.8 Å². The van der Waals surface area contributed by atoms with Gasteiger partial charge in [-0.15, -0.1) is 0 Å². The molecule has 0 N–H and O–H groups in total. The van der Waals surface area contributed by atoms with Gasteiger partial charge in [-0.3, -0.25) is 4.79 Å². The standard InChI is InChI=1S/C34H37O6P/c1-24(35)38-30-18-10-26(11-19-30)34(4,5)28-14-22-32(23-15-28)40-41(7,36)39-31-20-12-27(13-21-31)33(2,3)25-8-16-29(37-6)17-9-25/h8-23H,1-7H3. The van der Waals surface area contributed by atoms with E-state index in [1.807, 2.05) is 60.7 Å². The molecule has 0 saturated carbocycles. The zero-order valence-corrected chi connectivity index (χ0v) is 25.5. The van der Waals surface area contributed by atoms with E-state index in [0.29, 0.717) is 17.2 Å². The van der Waals surface area contributed by atoms with Crippen molar-refractivity contribution < 1.29 is 27.9 Å². The second-order valence-electron chi connectivity index (χ2n) is 11.1. The summed E-state index contributed by atoms with van der Waals surface area (Å²) in [7, 11) is -1.79. The third-order valence-corrected chi connectivity index (χ3v) is 8.43. The molecule has 0 aliphatic carbocycles. The van der Waals surface area contributed by atoms with Crippen molar-refractivity contribution in [3.05, 3.63) is 119 Å². The Morgan fingerprint density at radius 2 is 0.854 bits per heavy atom. The fourth-order valence-corrected chi connectivity index (χ4v) is 5.76. The molecule has 0 aliphatic rings. The van der Waals surface area contributed by atoms with Crippen LogP contribution in [0.4, 0.5) is 0 Å². The third-order valence-electron chi connectivity index (χ3n) is 7.34. The van der Waals surface area contributed by atoms with Crippen LogP contribution in [0, 0.1) is 0 Å². The molecule has 0 heterocycles. The highest BCUT2D eigenvalue weighted by atomic mass is 31.2. The van der Waals surface area contributed by atoms with Gasteiger partial charge in [-0.1, -0.05) is 76.2 Å². The zero-order chi connectivity index (χ0) is 29.8. The molecule has 0 radical (unpaired) electrons. The van der Waals surface area contributed by atoms with Gasteiger partial charge in [-0.25, -0.2) is 4.57 Å². The molecule has 4 aromatic rings. The number of carbonyl (C=O) groups is 1. The number of hydrogen-bond acceptors (Lipinski definition) is 6. The Hall–Kier alpha value is -4.02. The van der Waals surface area contributed by atoms with Gasteiger partial charge in [-0.05, 0) is 70.8 Å². The molecule has 0 aromatic heterocycles. The molecule has 4 aromatic carbocycles. The molecule has 41 heavy (non-hydrogen) atoms. The zero-order valence-electron chi connectivity index (χ0n) is 24.6. The molecule has 0 amide bonds. The second kappa shape index (κ2) is 11.8. The van der Waals surface area contributed by atoms with Crippen LogP contribution in [0.15, 0.2) is 97.1 Å². The average Bonchev–Trinajstić information content (AvgIpc) is 2.93. The normalized spacial score (nSPS) is 13.1. The van der Waals surface area contributed by atoms with Gasteiger partial charge in [0.2, 0.25) is 0 Å². The minimum Gasteiger partial charge on any atom is -0.497 e. The van der Waals surface area contributed by atoms with Crippen molar-refractivity contribution in [3.63, 3.8) is 0 Å². The van der Waals surface area contributed by atoms with Gasteiger partial charge in [0.25, 0.3) is 0 Å². The topological polar surface area (TPSA) is 71.1 Å². The summed E-state index contributed by atoms with van der Waals surface area (Å²) >= 11 is 0. The van der Waals surface area contributed by atoms with E-state index < -0.39 is 7.60 Å². The first kappa shape index (κ1) is 30.0. The summed E-state index contributed by atoms with van der Waals surface area (Å²) in [6, 6.07) is 30.6. The minimum atomic E-state index is -3.45. The van der Waals surface area contributed by atoms with Crippen molar-refractivity contribution in [1.29, 1.82) is 0 Å². The van der Waals surface area contributed by atoms with E-state index in [1.54, 1.807) is 31.4 Å². The largest absolute Gasteiger partial charge is 0.497 e. The maximum atomic E-state index is 13.2. The smallest absolute Gasteiger partial charge is 0.427 e. The number of carbonyl (C=O) groups excluding carboxylic acids is 1. The highest BCUT2D eigenvalue weighted by molar-refractivity contribution is 7.53. The second-order valence-corrected chi connectivity index (χ2v) is 13.0. The molecule has 0 spiro atoms. The number of rotatable bonds is 10. The molecular weight excluding hydrogens is 535 g/mol. The Balaban J connectivity index is 1.41. The summed E-state index contributed by atoms with van der Waals surface area (Å²) < 4.78 is 35.2. The van der Waals surface area contributed by atoms with Gasteiger partial charge in [0.1, 0.15) is 23.0 Å². The number of esters is 1. The highest BCUT2D eigenvalue weighted by Gasteiger charge is 2.26. The molecule has 6 nitrogen and oxygen atoms in total. The van der Waals surface area contributed by atoms with Crippen LogP contribution in [0.1, 0.15) is 56.9 Å². The summed E-state index contributed by atoms with van der Waals surface area (Å²) in [6.45, 7) is 11.4. The van der Waals surface area contributed by atoms with E-state index in [0.717, 1.165) is 28.0 Å². The van der Waals surface area contributed by atoms with E-state index in [1.165, 1.54) is 13.6 Å². The molecular formula is C34H37O6P. The Morgan fingerprint density at radius 1 is 0.561 bits per heavy atom. The quantitative estimate of drug-likeness (QED) is 0.108. The fraction of sp³-hybridized carbons (Fsp3) is 0.265. The maximum Gasteiger partial charge on any atom is 0.427 e. The van der Waals surface area contributed by atoms with Crippen LogP contribution in [0.5, 0.6) is 23.0 Å². The van der Waals surface area contributed by atoms with Gasteiger partial charge >= 0.3 is 13.6 Å². The van der Waals surface area contributed by atoms with Crippen LogP contribution in [0.25, 0.3) is 0 Å². The predicted molar refractivity (Wildman–Crippen MR) is 163 cm³/mol. The average molecular weight is 573 g/mol. The first-order chi connectivity index (χ1) is 19.3. The van der Waals surface area contributed by atoms with E-state index in [-0.39, 0.29) is 16.8 Å². The lowest BCUT2D eigenvalue weighted by Gasteiger charge is -2.27. The van der Waals surface area contributed by atoms with Crippen LogP contribution >= 0.6 is 7.60 Å². The van der Waals surface area contributed by atoms with Gasteiger partial charge in [0.15, 0.2) is 0 Å². The Labute approximate surface area is 242 Å². The van der Waals surface area contributed by atoms with Gasteiger partial charge in [0, 0.05) is 17.8 Å². The summed E-state index contributed by atoms with van der Waals surface area (Å²) in [5.41, 5.74) is 3.80. The molecule has 0 aliphatic heterocycles. The predicted octanol–water partition coefficient (Wildman–Crippen LogP) is 8.55. The lowest BCUT2D eigenvalue weighted by atomic mass is 9.78. The van der Waals surface area contributed by atoms with Crippen molar-refractivity contribution in [2.45, 2.75) is 45.4 Å². The summed E-state index contributed by atoms with van der Waals surface area (Å²) in [5.74, 6) is 1.90. The van der Waals surface area contributed by atoms with Crippen LogP contribution in [0.2, 0.25) is 0 Å². The monoisotopic (exact) mass is 572 g/mol. The van der Waals surface area contributed by atoms with E-state index in [4.69, 9.17) is 18.5 Å².